The lowest BCUT2D eigenvalue weighted by molar-refractivity contribution is 0.649. The molecule has 3 rings (SSSR count). The predicted octanol–water partition coefficient (Wildman–Crippen LogP) is 3.14. The Morgan fingerprint density at radius 2 is 2.12 bits per heavy atom. The zero-order valence-corrected chi connectivity index (χ0v) is 16.8. The standard InChI is InChI=1S/C20H29N5S/c1-4-21-20(22-11-9-19-23-13-16(3)26-19)24-17-10-12-25(14-17)18-7-5-15(2)6-8-18/h5-8,13,17H,4,9-12,14H2,1-3H3,(H2,21,22,24). The van der Waals surface area contributed by atoms with E-state index in [4.69, 9.17) is 4.99 Å². The third kappa shape index (κ3) is 5.21. The minimum atomic E-state index is 0.427. The van der Waals surface area contributed by atoms with Crippen molar-refractivity contribution in [2.24, 2.45) is 4.99 Å². The fourth-order valence-corrected chi connectivity index (χ4v) is 3.94. The number of guanidine groups is 1. The summed E-state index contributed by atoms with van der Waals surface area (Å²) in [6.45, 7) is 10.1. The predicted molar refractivity (Wildman–Crippen MR) is 111 cm³/mol. The van der Waals surface area contributed by atoms with Crippen LogP contribution in [0.25, 0.3) is 0 Å². The van der Waals surface area contributed by atoms with Gasteiger partial charge in [-0.3, -0.25) is 4.99 Å². The summed E-state index contributed by atoms with van der Waals surface area (Å²) in [4.78, 5) is 12.9. The van der Waals surface area contributed by atoms with Crippen LogP contribution in [-0.4, -0.2) is 43.2 Å². The van der Waals surface area contributed by atoms with Crippen LogP contribution in [0.15, 0.2) is 35.5 Å². The Hall–Kier alpha value is -2.08. The summed E-state index contributed by atoms with van der Waals surface area (Å²) < 4.78 is 0. The molecule has 0 amide bonds. The molecule has 2 heterocycles. The second-order valence-corrected chi connectivity index (χ2v) is 8.11. The van der Waals surface area contributed by atoms with Gasteiger partial charge in [0.15, 0.2) is 5.96 Å². The molecule has 0 saturated carbocycles. The van der Waals surface area contributed by atoms with Crippen molar-refractivity contribution in [2.45, 2.75) is 39.7 Å². The molecule has 0 bridgehead atoms. The molecule has 1 aliphatic rings. The van der Waals surface area contributed by atoms with Crippen LogP contribution in [0.4, 0.5) is 5.69 Å². The van der Waals surface area contributed by atoms with E-state index in [1.54, 1.807) is 11.3 Å². The van der Waals surface area contributed by atoms with E-state index >= 15 is 0 Å². The number of hydrogen-bond acceptors (Lipinski definition) is 4. The minimum absolute atomic E-state index is 0.427. The highest BCUT2D eigenvalue weighted by Gasteiger charge is 2.23. The lowest BCUT2D eigenvalue weighted by Crippen LogP contribution is -2.44. The minimum Gasteiger partial charge on any atom is -0.369 e. The molecule has 2 aromatic rings. The highest BCUT2D eigenvalue weighted by atomic mass is 32.1. The van der Waals surface area contributed by atoms with Crippen molar-refractivity contribution < 1.29 is 0 Å². The van der Waals surface area contributed by atoms with Crippen LogP contribution in [-0.2, 0) is 6.42 Å². The molecule has 1 fully saturated rings. The van der Waals surface area contributed by atoms with Crippen LogP contribution in [0.3, 0.4) is 0 Å². The molecule has 0 spiro atoms. The molecule has 6 heteroatoms. The zero-order chi connectivity index (χ0) is 18.4. The SMILES string of the molecule is CCNC(=NCCc1ncc(C)s1)NC1CCN(c2ccc(C)cc2)C1. The summed E-state index contributed by atoms with van der Waals surface area (Å²) in [5, 5.41) is 8.13. The molecule has 0 radical (unpaired) electrons. The largest absolute Gasteiger partial charge is 0.369 e. The van der Waals surface area contributed by atoms with Crippen molar-refractivity contribution in [1.82, 2.24) is 15.6 Å². The molecule has 26 heavy (non-hydrogen) atoms. The summed E-state index contributed by atoms with van der Waals surface area (Å²) in [6, 6.07) is 9.22. The number of aromatic nitrogens is 1. The van der Waals surface area contributed by atoms with Crippen LogP contribution in [0, 0.1) is 13.8 Å². The lowest BCUT2D eigenvalue weighted by atomic mass is 10.2. The second kappa shape index (κ2) is 9.03. The Bertz CT molecular complexity index is 722. The quantitative estimate of drug-likeness (QED) is 0.605. The van der Waals surface area contributed by atoms with E-state index in [1.165, 1.54) is 16.1 Å². The van der Waals surface area contributed by atoms with E-state index in [0.29, 0.717) is 6.04 Å². The van der Waals surface area contributed by atoms with Crippen molar-refractivity contribution in [3.63, 3.8) is 0 Å². The van der Waals surface area contributed by atoms with Crippen molar-refractivity contribution in [3.8, 4) is 0 Å². The fourth-order valence-electron chi connectivity index (χ4n) is 3.16. The van der Waals surface area contributed by atoms with Crippen LogP contribution in [0.2, 0.25) is 0 Å². The Labute approximate surface area is 160 Å². The van der Waals surface area contributed by atoms with Crippen molar-refractivity contribution in [1.29, 1.82) is 0 Å². The topological polar surface area (TPSA) is 52.6 Å². The van der Waals surface area contributed by atoms with Gasteiger partial charge < -0.3 is 15.5 Å². The molecular formula is C20H29N5S. The van der Waals surface area contributed by atoms with E-state index in [-0.39, 0.29) is 0 Å². The van der Waals surface area contributed by atoms with Crippen molar-refractivity contribution in [3.05, 3.63) is 45.9 Å². The molecule has 0 aliphatic carbocycles. The van der Waals surface area contributed by atoms with Crippen LogP contribution >= 0.6 is 11.3 Å². The smallest absolute Gasteiger partial charge is 0.191 e. The van der Waals surface area contributed by atoms with Gasteiger partial charge in [0.25, 0.3) is 0 Å². The van der Waals surface area contributed by atoms with E-state index in [1.807, 2.05) is 6.20 Å². The normalized spacial score (nSPS) is 17.6. The number of thiazole rings is 1. The molecule has 1 unspecified atom stereocenters. The number of aryl methyl sites for hydroxylation is 2. The average Bonchev–Trinajstić information content (AvgIpc) is 3.25. The monoisotopic (exact) mass is 371 g/mol. The average molecular weight is 372 g/mol. The van der Waals surface area contributed by atoms with E-state index in [0.717, 1.165) is 50.0 Å². The molecule has 1 aliphatic heterocycles. The van der Waals surface area contributed by atoms with Gasteiger partial charge in [-0.15, -0.1) is 11.3 Å². The number of rotatable bonds is 6. The Kier molecular flexibility index (Phi) is 6.50. The van der Waals surface area contributed by atoms with Gasteiger partial charge in [0.2, 0.25) is 0 Å². The Morgan fingerprint density at radius 1 is 1.31 bits per heavy atom. The molecular weight excluding hydrogens is 342 g/mol. The van der Waals surface area contributed by atoms with Crippen molar-refractivity contribution >= 4 is 23.0 Å². The molecule has 2 N–H and O–H groups in total. The molecule has 1 aromatic carbocycles. The number of aliphatic imine (C=N–C) groups is 1. The van der Waals surface area contributed by atoms with Crippen LogP contribution in [0.1, 0.15) is 28.8 Å². The first-order valence-electron chi connectivity index (χ1n) is 9.42. The fraction of sp³-hybridized carbons (Fsp3) is 0.500. The number of benzene rings is 1. The van der Waals surface area contributed by atoms with Gasteiger partial charge in [0.05, 0.1) is 5.01 Å². The van der Waals surface area contributed by atoms with Gasteiger partial charge >= 0.3 is 0 Å². The highest BCUT2D eigenvalue weighted by Crippen LogP contribution is 2.20. The summed E-state index contributed by atoms with van der Waals surface area (Å²) in [7, 11) is 0. The molecule has 1 atom stereocenters. The summed E-state index contributed by atoms with van der Waals surface area (Å²) >= 11 is 1.76. The van der Waals surface area contributed by atoms with Gasteiger partial charge in [0, 0.05) is 55.4 Å². The van der Waals surface area contributed by atoms with Gasteiger partial charge in [0.1, 0.15) is 0 Å². The summed E-state index contributed by atoms with van der Waals surface area (Å²) in [5.41, 5.74) is 2.61. The third-order valence-corrected chi connectivity index (χ3v) is 5.51. The summed E-state index contributed by atoms with van der Waals surface area (Å²) in [6.07, 6.45) is 3.96. The molecule has 1 saturated heterocycles. The maximum atomic E-state index is 4.73. The Morgan fingerprint density at radius 3 is 2.81 bits per heavy atom. The lowest BCUT2D eigenvalue weighted by Gasteiger charge is -2.20. The van der Waals surface area contributed by atoms with Crippen LogP contribution < -0.4 is 15.5 Å². The van der Waals surface area contributed by atoms with Crippen molar-refractivity contribution in [2.75, 3.05) is 31.1 Å². The first-order valence-corrected chi connectivity index (χ1v) is 10.2. The molecule has 5 nitrogen and oxygen atoms in total. The number of nitrogens with one attached hydrogen (secondary N) is 2. The van der Waals surface area contributed by atoms with Gasteiger partial charge in [-0.05, 0) is 39.3 Å². The maximum absolute atomic E-state index is 4.73. The number of nitrogens with zero attached hydrogens (tertiary/aromatic N) is 3. The van der Waals surface area contributed by atoms with Gasteiger partial charge in [-0.1, -0.05) is 17.7 Å². The number of hydrogen-bond donors (Lipinski definition) is 2. The first kappa shape index (κ1) is 18.7. The van der Waals surface area contributed by atoms with Gasteiger partial charge in [-0.2, -0.15) is 0 Å². The second-order valence-electron chi connectivity index (χ2n) is 6.79. The number of anilines is 1. The zero-order valence-electron chi connectivity index (χ0n) is 16.0. The third-order valence-electron chi connectivity index (χ3n) is 4.54. The summed E-state index contributed by atoms with van der Waals surface area (Å²) in [5.74, 6) is 0.913. The highest BCUT2D eigenvalue weighted by molar-refractivity contribution is 7.11. The van der Waals surface area contributed by atoms with E-state index < -0.39 is 0 Å². The first-order chi connectivity index (χ1) is 12.6. The van der Waals surface area contributed by atoms with E-state index in [9.17, 15) is 0 Å². The van der Waals surface area contributed by atoms with E-state index in [2.05, 4.69) is 65.6 Å². The van der Waals surface area contributed by atoms with Gasteiger partial charge in [-0.25, -0.2) is 4.98 Å². The molecule has 140 valence electrons. The molecule has 1 aromatic heterocycles. The Balaban J connectivity index is 1.52. The maximum Gasteiger partial charge on any atom is 0.191 e. The van der Waals surface area contributed by atoms with Crippen LogP contribution in [0.5, 0.6) is 0 Å².